The lowest BCUT2D eigenvalue weighted by molar-refractivity contribution is -0.122. The zero-order valence-electron chi connectivity index (χ0n) is 18.3. The molecular weight excluding hydrogens is 388 g/mol. The molecule has 0 saturated carbocycles. The van der Waals surface area contributed by atoms with E-state index < -0.39 is 0 Å². The summed E-state index contributed by atoms with van der Waals surface area (Å²) in [6, 6.07) is 15.5. The maximum atomic E-state index is 12.6. The average molecular weight is 419 g/mol. The van der Waals surface area contributed by atoms with Gasteiger partial charge in [0, 0.05) is 31.6 Å². The first-order valence-electron chi connectivity index (χ1n) is 11.0. The molecule has 0 bridgehead atoms. The summed E-state index contributed by atoms with van der Waals surface area (Å²) in [7, 11) is 0. The molecule has 2 atom stereocenters. The number of amides is 1. The average Bonchev–Trinajstić information content (AvgIpc) is 2.74. The van der Waals surface area contributed by atoms with Crippen LogP contribution in [0.5, 0.6) is 0 Å². The third-order valence-corrected chi connectivity index (χ3v) is 5.99. The zero-order valence-corrected chi connectivity index (χ0v) is 18.3. The molecule has 162 valence electrons. The quantitative estimate of drug-likeness (QED) is 0.668. The molecular formula is C25H30N4O2. The summed E-state index contributed by atoms with van der Waals surface area (Å²) in [5.74, 6) is 1.20. The van der Waals surface area contributed by atoms with Crippen molar-refractivity contribution in [1.82, 2.24) is 20.0 Å². The zero-order chi connectivity index (χ0) is 21.8. The van der Waals surface area contributed by atoms with Gasteiger partial charge in [0.15, 0.2) is 0 Å². The van der Waals surface area contributed by atoms with Gasteiger partial charge in [-0.1, -0.05) is 56.3 Å². The van der Waals surface area contributed by atoms with Crippen LogP contribution in [0.1, 0.15) is 31.4 Å². The van der Waals surface area contributed by atoms with E-state index in [0.29, 0.717) is 23.8 Å². The smallest absolute Gasteiger partial charge is 0.275 e. The van der Waals surface area contributed by atoms with Gasteiger partial charge in [-0.3, -0.25) is 14.5 Å². The Hall–Kier alpha value is -2.99. The van der Waals surface area contributed by atoms with E-state index in [4.69, 9.17) is 0 Å². The number of carbonyl (C=O) groups excluding carboxylic acids is 1. The molecule has 1 aliphatic rings. The number of benzene rings is 2. The van der Waals surface area contributed by atoms with Crippen LogP contribution in [0.15, 0.2) is 59.5 Å². The number of piperidine rings is 1. The number of hydrogen-bond donors (Lipinski definition) is 1. The predicted octanol–water partition coefficient (Wildman–Crippen LogP) is 3.19. The van der Waals surface area contributed by atoms with Gasteiger partial charge in [-0.15, -0.1) is 0 Å². The van der Waals surface area contributed by atoms with Crippen LogP contribution >= 0.6 is 0 Å². The van der Waals surface area contributed by atoms with Crippen molar-refractivity contribution in [2.24, 2.45) is 11.8 Å². The molecule has 1 aromatic heterocycles. The van der Waals surface area contributed by atoms with Crippen LogP contribution < -0.4 is 10.9 Å². The highest BCUT2D eigenvalue weighted by Gasteiger charge is 2.22. The molecule has 0 unspecified atom stereocenters. The topological polar surface area (TPSA) is 67.2 Å². The van der Waals surface area contributed by atoms with Crippen LogP contribution in [0.3, 0.4) is 0 Å². The van der Waals surface area contributed by atoms with Crippen LogP contribution in [-0.4, -0.2) is 33.7 Å². The van der Waals surface area contributed by atoms with Gasteiger partial charge in [0.2, 0.25) is 5.91 Å². The highest BCUT2D eigenvalue weighted by Crippen LogP contribution is 2.23. The normalized spacial score (nSPS) is 19.4. The molecule has 1 aliphatic heterocycles. The molecule has 1 saturated heterocycles. The lowest BCUT2D eigenvalue weighted by Crippen LogP contribution is -2.38. The van der Waals surface area contributed by atoms with Crippen molar-refractivity contribution in [2.45, 2.75) is 39.9 Å². The van der Waals surface area contributed by atoms with Crippen molar-refractivity contribution in [2.75, 3.05) is 13.1 Å². The number of carbonyl (C=O) groups is 1. The Kier molecular flexibility index (Phi) is 6.47. The number of rotatable bonds is 6. The number of hydrogen-bond acceptors (Lipinski definition) is 4. The Bertz CT molecular complexity index is 1110. The van der Waals surface area contributed by atoms with Gasteiger partial charge < -0.3 is 5.32 Å². The lowest BCUT2D eigenvalue weighted by atomic mass is 9.91. The third-order valence-electron chi connectivity index (χ3n) is 5.99. The van der Waals surface area contributed by atoms with Gasteiger partial charge in [-0.2, -0.15) is 5.10 Å². The first-order chi connectivity index (χ1) is 15.0. The number of nitrogens with zero attached hydrogens (tertiary/aromatic N) is 3. The first kappa shape index (κ1) is 21.2. The highest BCUT2D eigenvalue weighted by molar-refractivity contribution is 5.81. The molecule has 6 heteroatoms. The van der Waals surface area contributed by atoms with E-state index in [1.165, 1.54) is 16.7 Å². The molecule has 0 radical (unpaired) electrons. The van der Waals surface area contributed by atoms with E-state index in [1.54, 1.807) is 12.3 Å². The maximum absolute atomic E-state index is 12.6. The summed E-state index contributed by atoms with van der Waals surface area (Å²) >= 11 is 0. The molecule has 0 spiro atoms. The molecule has 31 heavy (non-hydrogen) atoms. The van der Waals surface area contributed by atoms with Gasteiger partial charge in [0.05, 0.1) is 11.6 Å². The SMILES string of the molecule is C[C@H]1C[C@H](C)CN(Cc2ccccc2CNC(=O)Cn2ncc3ccccc3c2=O)C1. The molecule has 3 aromatic rings. The van der Waals surface area contributed by atoms with E-state index in [1.807, 2.05) is 24.3 Å². The van der Waals surface area contributed by atoms with E-state index in [9.17, 15) is 9.59 Å². The summed E-state index contributed by atoms with van der Waals surface area (Å²) in [5, 5.41) is 8.46. The minimum Gasteiger partial charge on any atom is -0.350 e. The van der Waals surface area contributed by atoms with Gasteiger partial charge in [0.1, 0.15) is 6.54 Å². The molecule has 2 aromatic carbocycles. The summed E-state index contributed by atoms with van der Waals surface area (Å²) in [6.07, 6.45) is 2.91. The van der Waals surface area contributed by atoms with Crippen LogP contribution in [0, 0.1) is 11.8 Å². The van der Waals surface area contributed by atoms with Crippen molar-refractivity contribution in [3.05, 3.63) is 76.2 Å². The summed E-state index contributed by atoms with van der Waals surface area (Å²) < 4.78 is 1.22. The van der Waals surface area contributed by atoms with Crippen LogP contribution in [0.4, 0.5) is 0 Å². The van der Waals surface area contributed by atoms with E-state index >= 15 is 0 Å². The lowest BCUT2D eigenvalue weighted by Gasteiger charge is -2.35. The number of fused-ring (bicyclic) bond motifs is 1. The molecule has 1 N–H and O–H groups in total. The summed E-state index contributed by atoms with van der Waals surface area (Å²) in [4.78, 5) is 27.6. The Labute approximate surface area is 182 Å². The minimum atomic E-state index is -0.248. The second-order valence-electron chi connectivity index (χ2n) is 8.88. The second-order valence-corrected chi connectivity index (χ2v) is 8.88. The highest BCUT2D eigenvalue weighted by atomic mass is 16.2. The van der Waals surface area contributed by atoms with Gasteiger partial charge in [-0.25, -0.2) is 4.68 Å². The summed E-state index contributed by atoms with van der Waals surface area (Å²) in [6.45, 7) is 8.11. The van der Waals surface area contributed by atoms with Crippen LogP contribution in [-0.2, 0) is 24.4 Å². The van der Waals surface area contributed by atoms with Gasteiger partial charge >= 0.3 is 0 Å². The Morgan fingerprint density at radius 2 is 1.71 bits per heavy atom. The molecule has 6 nitrogen and oxygen atoms in total. The van der Waals surface area contributed by atoms with Crippen molar-refractivity contribution in [3.63, 3.8) is 0 Å². The Morgan fingerprint density at radius 1 is 1.03 bits per heavy atom. The maximum Gasteiger partial charge on any atom is 0.275 e. The molecule has 1 fully saturated rings. The van der Waals surface area contributed by atoms with Gasteiger partial charge in [0.25, 0.3) is 5.56 Å². The number of nitrogens with one attached hydrogen (secondary N) is 1. The first-order valence-corrected chi connectivity index (χ1v) is 11.0. The minimum absolute atomic E-state index is 0.0903. The van der Waals surface area contributed by atoms with Crippen LogP contribution in [0.25, 0.3) is 10.8 Å². The number of aromatic nitrogens is 2. The fourth-order valence-corrected chi connectivity index (χ4v) is 4.67. The predicted molar refractivity (Wildman–Crippen MR) is 123 cm³/mol. The molecule has 1 amide bonds. The Morgan fingerprint density at radius 3 is 2.48 bits per heavy atom. The van der Waals surface area contributed by atoms with Crippen molar-refractivity contribution in [3.8, 4) is 0 Å². The number of likely N-dealkylation sites (tertiary alicyclic amines) is 1. The molecule has 2 heterocycles. The summed E-state index contributed by atoms with van der Waals surface area (Å²) in [5.41, 5.74) is 2.10. The molecule has 4 rings (SSSR count). The fourth-order valence-electron chi connectivity index (χ4n) is 4.67. The second kappa shape index (κ2) is 9.43. The van der Waals surface area contributed by atoms with Crippen molar-refractivity contribution < 1.29 is 4.79 Å². The van der Waals surface area contributed by atoms with E-state index in [0.717, 1.165) is 30.6 Å². The van der Waals surface area contributed by atoms with Crippen LogP contribution in [0.2, 0.25) is 0 Å². The van der Waals surface area contributed by atoms with Gasteiger partial charge in [-0.05, 0) is 35.4 Å². The van der Waals surface area contributed by atoms with E-state index in [2.05, 4.69) is 47.4 Å². The van der Waals surface area contributed by atoms with Crippen molar-refractivity contribution >= 4 is 16.7 Å². The van der Waals surface area contributed by atoms with E-state index in [-0.39, 0.29) is 18.0 Å². The largest absolute Gasteiger partial charge is 0.350 e. The monoisotopic (exact) mass is 418 g/mol. The van der Waals surface area contributed by atoms with Crippen molar-refractivity contribution in [1.29, 1.82) is 0 Å². The Balaban J connectivity index is 1.40. The molecule has 0 aliphatic carbocycles. The standard InChI is InChI=1S/C25H30N4O2/c1-18-11-19(2)15-28(14-18)16-22-9-4-3-7-20(22)12-26-24(30)17-29-25(31)23-10-6-5-8-21(23)13-27-29/h3-10,13,18-19H,11-12,14-17H2,1-2H3,(H,26,30)/t18-,19-/m0/s1. The third kappa shape index (κ3) is 5.20. The fraction of sp³-hybridized carbons (Fsp3) is 0.400.